The van der Waals surface area contributed by atoms with E-state index in [0.29, 0.717) is 26.2 Å². The average molecular weight is 466 g/mol. The molecule has 4 rings (SSSR count). The van der Waals surface area contributed by atoms with Crippen molar-refractivity contribution in [1.82, 2.24) is 4.57 Å². The van der Waals surface area contributed by atoms with Gasteiger partial charge in [0.1, 0.15) is 5.82 Å². The van der Waals surface area contributed by atoms with Crippen molar-refractivity contribution < 1.29 is 13.9 Å². The molecule has 0 bridgehead atoms. The zero-order valence-corrected chi connectivity index (χ0v) is 19.6. The molecular formula is C25H24FN3O3S. The molecule has 1 atom stereocenters. The number of rotatable bonds is 5. The van der Waals surface area contributed by atoms with Crippen LogP contribution in [-0.2, 0) is 9.53 Å². The third-order valence-corrected chi connectivity index (χ3v) is 6.39. The van der Waals surface area contributed by atoms with Crippen molar-refractivity contribution in [3.63, 3.8) is 0 Å². The first-order chi connectivity index (χ1) is 15.8. The Bertz CT molecular complexity index is 1400. The predicted molar refractivity (Wildman–Crippen MR) is 128 cm³/mol. The molecule has 1 aromatic heterocycles. The number of benzene rings is 2. The van der Waals surface area contributed by atoms with Gasteiger partial charge in [-0.3, -0.25) is 9.36 Å². The summed E-state index contributed by atoms with van der Waals surface area (Å²) in [7, 11) is 3.89. The first-order valence-corrected chi connectivity index (χ1v) is 11.3. The summed E-state index contributed by atoms with van der Waals surface area (Å²) in [4.78, 5) is 33.5. The highest BCUT2D eigenvalue weighted by molar-refractivity contribution is 7.07. The van der Waals surface area contributed by atoms with Crippen LogP contribution in [0.4, 0.5) is 10.1 Å². The molecule has 0 fully saturated rings. The molecule has 170 valence electrons. The van der Waals surface area contributed by atoms with E-state index in [2.05, 4.69) is 4.99 Å². The van der Waals surface area contributed by atoms with E-state index in [-0.39, 0.29) is 18.0 Å². The number of ether oxygens (including phenoxy) is 1. The maximum Gasteiger partial charge on any atom is 0.338 e. The van der Waals surface area contributed by atoms with Gasteiger partial charge in [0.15, 0.2) is 4.80 Å². The van der Waals surface area contributed by atoms with Crippen LogP contribution in [0, 0.1) is 5.82 Å². The Hall–Kier alpha value is -3.52. The number of aromatic nitrogens is 1. The summed E-state index contributed by atoms with van der Waals surface area (Å²) in [6.45, 7) is 3.72. The molecule has 2 aromatic carbocycles. The van der Waals surface area contributed by atoms with Crippen molar-refractivity contribution in [2.45, 2.75) is 19.9 Å². The van der Waals surface area contributed by atoms with Gasteiger partial charge in [0, 0.05) is 19.8 Å². The minimum atomic E-state index is -0.660. The second kappa shape index (κ2) is 9.15. The standard InChI is InChI=1S/C25H24FN3O3S/c1-5-32-24(31)21-15(2)27-25-29(22(21)17-8-12-19(13-9-17)28(3)4)23(30)20(33-25)14-16-6-10-18(26)11-7-16/h6-14,22H,5H2,1-4H3/b20-14+/t22-/m1/s1. The van der Waals surface area contributed by atoms with Gasteiger partial charge < -0.3 is 9.64 Å². The Morgan fingerprint density at radius 1 is 1.18 bits per heavy atom. The molecule has 33 heavy (non-hydrogen) atoms. The van der Waals surface area contributed by atoms with E-state index >= 15 is 0 Å². The molecule has 8 heteroatoms. The predicted octanol–water partition coefficient (Wildman–Crippen LogP) is 3.00. The van der Waals surface area contributed by atoms with E-state index in [9.17, 15) is 14.0 Å². The second-order valence-electron chi connectivity index (χ2n) is 7.84. The topological polar surface area (TPSA) is 63.9 Å². The molecule has 0 aliphatic carbocycles. The van der Waals surface area contributed by atoms with Gasteiger partial charge in [0.05, 0.1) is 28.5 Å². The van der Waals surface area contributed by atoms with Gasteiger partial charge >= 0.3 is 5.97 Å². The first kappa shape index (κ1) is 22.7. The zero-order valence-electron chi connectivity index (χ0n) is 18.8. The quantitative estimate of drug-likeness (QED) is 0.544. The van der Waals surface area contributed by atoms with E-state index in [0.717, 1.165) is 11.3 Å². The monoisotopic (exact) mass is 465 g/mol. The van der Waals surface area contributed by atoms with Crippen molar-refractivity contribution in [1.29, 1.82) is 0 Å². The number of anilines is 1. The largest absolute Gasteiger partial charge is 0.463 e. The Morgan fingerprint density at radius 3 is 2.45 bits per heavy atom. The summed E-state index contributed by atoms with van der Waals surface area (Å²) in [6.07, 6.45) is 1.71. The normalized spacial score (nSPS) is 15.8. The lowest BCUT2D eigenvalue weighted by Crippen LogP contribution is -2.39. The molecule has 6 nitrogen and oxygen atoms in total. The lowest BCUT2D eigenvalue weighted by atomic mass is 9.95. The third-order valence-electron chi connectivity index (χ3n) is 5.41. The maximum absolute atomic E-state index is 13.5. The lowest BCUT2D eigenvalue weighted by Gasteiger charge is -2.25. The number of fused-ring (bicyclic) bond motifs is 1. The molecule has 1 aliphatic heterocycles. The van der Waals surface area contributed by atoms with Crippen LogP contribution in [0.3, 0.4) is 0 Å². The highest BCUT2D eigenvalue weighted by atomic mass is 32.1. The molecule has 0 saturated carbocycles. The van der Waals surface area contributed by atoms with Gasteiger partial charge in [-0.15, -0.1) is 0 Å². The van der Waals surface area contributed by atoms with Crippen LogP contribution in [0.5, 0.6) is 0 Å². The van der Waals surface area contributed by atoms with Gasteiger partial charge in [-0.1, -0.05) is 35.6 Å². The highest BCUT2D eigenvalue weighted by Crippen LogP contribution is 2.31. The van der Waals surface area contributed by atoms with Crippen LogP contribution >= 0.6 is 11.3 Å². The lowest BCUT2D eigenvalue weighted by molar-refractivity contribution is -0.139. The zero-order chi connectivity index (χ0) is 23.7. The molecule has 0 N–H and O–H groups in total. The fraction of sp³-hybridized carbons (Fsp3) is 0.240. The van der Waals surface area contributed by atoms with Crippen molar-refractivity contribution in [3.8, 4) is 0 Å². The molecule has 0 amide bonds. The molecule has 0 spiro atoms. The van der Waals surface area contributed by atoms with Crippen LogP contribution < -0.4 is 19.8 Å². The van der Waals surface area contributed by atoms with Gasteiger partial charge in [-0.25, -0.2) is 14.2 Å². The number of nitrogens with zero attached hydrogens (tertiary/aromatic N) is 3. The van der Waals surface area contributed by atoms with Gasteiger partial charge in [0.25, 0.3) is 5.56 Å². The molecule has 3 aromatic rings. The van der Waals surface area contributed by atoms with E-state index in [1.54, 1.807) is 36.6 Å². The number of hydrogen-bond acceptors (Lipinski definition) is 6. The molecule has 0 saturated heterocycles. The van der Waals surface area contributed by atoms with Crippen LogP contribution in [0.2, 0.25) is 0 Å². The number of thiazole rings is 1. The number of esters is 1. The Morgan fingerprint density at radius 2 is 1.85 bits per heavy atom. The van der Waals surface area contributed by atoms with Crippen LogP contribution in [0.15, 0.2) is 69.6 Å². The van der Waals surface area contributed by atoms with E-state index in [1.807, 2.05) is 43.3 Å². The van der Waals surface area contributed by atoms with E-state index in [1.165, 1.54) is 23.5 Å². The highest BCUT2D eigenvalue weighted by Gasteiger charge is 2.33. The number of hydrogen-bond donors (Lipinski definition) is 0. The Labute approximate surface area is 194 Å². The number of halogens is 1. The van der Waals surface area contributed by atoms with Gasteiger partial charge in [0.2, 0.25) is 0 Å². The van der Waals surface area contributed by atoms with Crippen molar-refractivity contribution in [2.24, 2.45) is 4.99 Å². The summed E-state index contributed by atoms with van der Waals surface area (Å²) >= 11 is 1.24. The fourth-order valence-corrected chi connectivity index (χ4v) is 4.82. The third kappa shape index (κ3) is 4.39. The average Bonchev–Trinajstić information content (AvgIpc) is 3.09. The number of carbonyl (C=O) groups is 1. The molecule has 0 unspecified atom stereocenters. The number of allylic oxidation sites excluding steroid dienone is 1. The second-order valence-corrected chi connectivity index (χ2v) is 8.85. The first-order valence-electron chi connectivity index (χ1n) is 10.5. The summed E-state index contributed by atoms with van der Waals surface area (Å²) in [5.74, 6) is -0.835. The summed E-state index contributed by atoms with van der Waals surface area (Å²) in [5, 5.41) is 0. The Kier molecular flexibility index (Phi) is 6.29. The molecule has 0 radical (unpaired) electrons. The fourth-order valence-electron chi connectivity index (χ4n) is 3.77. The minimum Gasteiger partial charge on any atom is -0.463 e. The minimum absolute atomic E-state index is 0.219. The van der Waals surface area contributed by atoms with Crippen molar-refractivity contribution in [3.05, 3.63) is 96.4 Å². The van der Waals surface area contributed by atoms with Gasteiger partial charge in [-0.05, 0) is 55.3 Å². The number of carbonyl (C=O) groups excluding carboxylic acids is 1. The van der Waals surface area contributed by atoms with E-state index in [4.69, 9.17) is 4.74 Å². The van der Waals surface area contributed by atoms with Crippen LogP contribution in [-0.4, -0.2) is 31.2 Å². The van der Waals surface area contributed by atoms with Crippen LogP contribution in [0.25, 0.3) is 6.08 Å². The van der Waals surface area contributed by atoms with Crippen molar-refractivity contribution in [2.75, 3.05) is 25.6 Å². The molecular weight excluding hydrogens is 441 g/mol. The Balaban J connectivity index is 1.92. The van der Waals surface area contributed by atoms with Crippen LogP contribution in [0.1, 0.15) is 31.0 Å². The maximum atomic E-state index is 13.5. The van der Waals surface area contributed by atoms with Gasteiger partial charge in [-0.2, -0.15) is 0 Å². The summed E-state index contributed by atoms with van der Waals surface area (Å²) in [6, 6.07) is 13.0. The SMILES string of the molecule is CCOC(=O)C1=C(C)N=c2s/c(=C/c3ccc(F)cc3)c(=O)n2[C@@H]1c1ccc(N(C)C)cc1. The molecule has 2 heterocycles. The summed E-state index contributed by atoms with van der Waals surface area (Å²) in [5.41, 5.74) is 3.09. The molecule has 1 aliphatic rings. The smallest absolute Gasteiger partial charge is 0.338 e. The van der Waals surface area contributed by atoms with Crippen molar-refractivity contribution >= 4 is 29.1 Å². The summed E-state index contributed by atoms with van der Waals surface area (Å²) < 4.78 is 20.6. The van der Waals surface area contributed by atoms with E-state index < -0.39 is 12.0 Å².